The highest BCUT2D eigenvalue weighted by atomic mass is 35.5. The maximum atomic E-state index is 12.4. The average Bonchev–Trinajstić information content (AvgIpc) is 2.95. The number of esters is 2. The van der Waals surface area contributed by atoms with Gasteiger partial charge in [-0.2, -0.15) is 5.10 Å². The lowest BCUT2D eigenvalue weighted by molar-refractivity contribution is -0.145. The molecule has 13 nitrogen and oxygen atoms in total. The van der Waals surface area contributed by atoms with E-state index in [0.29, 0.717) is 45.7 Å². The molecule has 14 heteroatoms. The maximum Gasteiger partial charge on any atom is 0.344 e. The van der Waals surface area contributed by atoms with Gasteiger partial charge in [-0.3, -0.25) is 5.43 Å². The summed E-state index contributed by atoms with van der Waals surface area (Å²) < 4.78 is 26.7. The van der Waals surface area contributed by atoms with E-state index in [-0.39, 0.29) is 25.4 Å². The van der Waals surface area contributed by atoms with E-state index in [9.17, 15) is 19.5 Å². The van der Waals surface area contributed by atoms with Crippen molar-refractivity contribution in [2.45, 2.75) is 33.0 Å². The standard InChI is InChI=1S/C28H33ClN4O9/c1-5-39-22-12-17(26-25(27(36)38-4)16(3)31-28(37)32-26)7-9-21(22)41-14-23(34)33-30-13-18-11-19(29)8-10-20(18)42-15-24(35)40-6-2/h7-13,23,26,33-34H,5-6,14-15H2,1-4H3,(H2,31,32,37)/b30-13+/t23-,26+/m0/s1. The van der Waals surface area contributed by atoms with Crippen LogP contribution in [0.1, 0.15) is 37.9 Å². The van der Waals surface area contributed by atoms with Gasteiger partial charge < -0.3 is 39.4 Å². The molecule has 0 aromatic heterocycles. The Labute approximate surface area is 247 Å². The maximum absolute atomic E-state index is 12.4. The van der Waals surface area contributed by atoms with Gasteiger partial charge in [0.25, 0.3) is 0 Å². The number of allylic oxidation sites excluding steroid dienone is 1. The first-order chi connectivity index (χ1) is 20.2. The topological polar surface area (TPSA) is 166 Å². The Bertz CT molecular complexity index is 1350. The van der Waals surface area contributed by atoms with Crippen LogP contribution in [0.25, 0.3) is 0 Å². The number of amides is 2. The van der Waals surface area contributed by atoms with Gasteiger partial charge in [-0.1, -0.05) is 17.7 Å². The zero-order valence-corrected chi connectivity index (χ0v) is 24.3. The molecule has 1 heterocycles. The molecule has 0 bridgehead atoms. The zero-order chi connectivity index (χ0) is 30.6. The molecule has 2 atom stereocenters. The Morgan fingerprint density at radius 1 is 1.10 bits per heavy atom. The molecule has 42 heavy (non-hydrogen) atoms. The van der Waals surface area contributed by atoms with E-state index < -0.39 is 30.2 Å². The van der Waals surface area contributed by atoms with Crippen molar-refractivity contribution < 1.29 is 43.2 Å². The molecule has 0 saturated heterocycles. The molecule has 0 fully saturated rings. The predicted octanol–water partition coefficient (Wildman–Crippen LogP) is 2.80. The third kappa shape index (κ3) is 8.75. The second-order valence-corrected chi connectivity index (χ2v) is 9.13. The highest BCUT2D eigenvalue weighted by Gasteiger charge is 2.32. The Morgan fingerprint density at radius 3 is 2.57 bits per heavy atom. The lowest BCUT2D eigenvalue weighted by atomic mass is 9.95. The van der Waals surface area contributed by atoms with Crippen molar-refractivity contribution >= 4 is 35.8 Å². The molecule has 4 N–H and O–H groups in total. The number of hydrogen-bond acceptors (Lipinski definition) is 11. The fraction of sp³-hybridized carbons (Fsp3) is 0.357. The van der Waals surface area contributed by atoms with Crippen LogP contribution < -0.4 is 30.3 Å². The molecule has 1 aliphatic heterocycles. The molecular weight excluding hydrogens is 572 g/mol. The minimum atomic E-state index is -1.22. The fourth-order valence-corrected chi connectivity index (χ4v) is 4.09. The predicted molar refractivity (Wildman–Crippen MR) is 153 cm³/mol. The van der Waals surface area contributed by atoms with Crippen LogP contribution in [0.5, 0.6) is 17.2 Å². The Kier molecular flexibility index (Phi) is 11.8. The number of ether oxygens (including phenoxy) is 5. The smallest absolute Gasteiger partial charge is 0.344 e. The molecule has 2 amide bonds. The minimum absolute atomic E-state index is 0.213. The molecule has 0 saturated carbocycles. The van der Waals surface area contributed by atoms with Gasteiger partial charge in [0.15, 0.2) is 24.3 Å². The first-order valence-corrected chi connectivity index (χ1v) is 13.3. The van der Waals surface area contributed by atoms with Crippen LogP contribution in [0.4, 0.5) is 4.79 Å². The monoisotopic (exact) mass is 604 g/mol. The normalized spacial score (nSPS) is 15.4. The van der Waals surface area contributed by atoms with Crippen LogP contribution >= 0.6 is 11.6 Å². The van der Waals surface area contributed by atoms with Gasteiger partial charge in [0.2, 0.25) is 0 Å². The van der Waals surface area contributed by atoms with Crippen molar-refractivity contribution in [1.82, 2.24) is 16.1 Å². The van der Waals surface area contributed by atoms with Crippen LogP contribution in [0, 0.1) is 0 Å². The summed E-state index contributed by atoms with van der Waals surface area (Å²) in [4.78, 5) is 36.2. The van der Waals surface area contributed by atoms with Crippen LogP contribution in [0.2, 0.25) is 5.02 Å². The van der Waals surface area contributed by atoms with Crippen molar-refractivity contribution in [3.8, 4) is 17.2 Å². The average molecular weight is 605 g/mol. The number of nitrogens with zero attached hydrogens (tertiary/aromatic N) is 1. The third-order valence-corrected chi connectivity index (χ3v) is 5.96. The highest BCUT2D eigenvalue weighted by Crippen LogP contribution is 2.35. The number of hydrogen-bond donors (Lipinski definition) is 4. The van der Waals surface area contributed by atoms with E-state index in [0.717, 1.165) is 0 Å². The number of halogens is 1. The number of carbonyl (C=O) groups excluding carboxylic acids is 3. The molecule has 0 spiro atoms. The number of carbonyl (C=O) groups is 3. The number of aliphatic hydroxyl groups excluding tert-OH is 1. The van der Waals surface area contributed by atoms with Crippen molar-refractivity contribution in [1.29, 1.82) is 0 Å². The van der Waals surface area contributed by atoms with Crippen molar-refractivity contribution in [2.24, 2.45) is 5.10 Å². The molecule has 0 aliphatic carbocycles. The van der Waals surface area contributed by atoms with Crippen LogP contribution in [0.15, 0.2) is 52.8 Å². The number of benzene rings is 2. The second-order valence-electron chi connectivity index (χ2n) is 8.69. The molecule has 0 radical (unpaired) electrons. The van der Waals surface area contributed by atoms with E-state index in [2.05, 4.69) is 21.2 Å². The summed E-state index contributed by atoms with van der Waals surface area (Å²) in [6.45, 7) is 5.14. The molecule has 226 valence electrons. The van der Waals surface area contributed by atoms with Gasteiger partial charge in [0, 0.05) is 16.3 Å². The summed E-state index contributed by atoms with van der Waals surface area (Å²) >= 11 is 6.07. The van der Waals surface area contributed by atoms with Gasteiger partial charge in [-0.25, -0.2) is 14.4 Å². The van der Waals surface area contributed by atoms with E-state index in [1.165, 1.54) is 13.3 Å². The van der Waals surface area contributed by atoms with E-state index in [1.807, 2.05) is 0 Å². The Hall–Kier alpha value is -4.49. The molecule has 1 aliphatic rings. The zero-order valence-electron chi connectivity index (χ0n) is 23.6. The lowest BCUT2D eigenvalue weighted by Crippen LogP contribution is -2.45. The summed E-state index contributed by atoms with van der Waals surface area (Å²) in [6, 6.07) is 8.44. The van der Waals surface area contributed by atoms with E-state index in [1.54, 1.807) is 57.2 Å². The first kappa shape index (κ1) is 32.0. The van der Waals surface area contributed by atoms with E-state index in [4.69, 9.17) is 35.3 Å². The summed E-state index contributed by atoms with van der Waals surface area (Å²) in [5.41, 5.74) is 4.18. The number of aliphatic hydroxyl groups is 1. The van der Waals surface area contributed by atoms with Gasteiger partial charge in [-0.05, 0) is 56.7 Å². The number of methoxy groups -OCH3 is 1. The van der Waals surface area contributed by atoms with Crippen molar-refractivity contribution in [3.05, 3.63) is 63.8 Å². The number of hydrazone groups is 1. The lowest BCUT2D eigenvalue weighted by Gasteiger charge is -2.28. The number of nitrogens with one attached hydrogen (secondary N) is 3. The summed E-state index contributed by atoms with van der Waals surface area (Å²) in [7, 11) is 1.26. The van der Waals surface area contributed by atoms with Crippen LogP contribution in [-0.2, 0) is 19.1 Å². The van der Waals surface area contributed by atoms with Gasteiger partial charge >= 0.3 is 18.0 Å². The van der Waals surface area contributed by atoms with Gasteiger partial charge in [-0.15, -0.1) is 0 Å². The highest BCUT2D eigenvalue weighted by molar-refractivity contribution is 6.30. The SMILES string of the molecule is CCOC(=O)COc1ccc(Cl)cc1/C=N/N[C@@H](O)COc1ccc([C@H]2NC(=O)NC(C)=C2C(=O)OC)cc1OCC. The second kappa shape index (κ2) is 15.5. The minimum Gasteiger partial charge on any atom is -0.490 e. The molecular formula is C28H33ClN4O9. The molecule has 2 aromatic carbocycles. The van der Waals surface area contributed by atoms with E-state index >= 15 is 0 Å². The summed E-state index contributed by atoms with van der Waals surface area (Å²) in [6.07, 6.45) is 0.149. The fourth-order valence-electron chi connectivity index (χ4n) is 3.91. The summed E-state index contributed by atoms with van der Waals surface area (Å²) in [5.74, 6) is -0.112. The van der Waals surface area contributed by atoms with Gasteiger partial charge in [0.05, 0.1) is 38.2 Å². The van der Waals surface area contributed by atoms with Gasteiger partial charge in [0.1, 0.15) is 12.4 Å². The molecule has 2 aromatic rings. The summed E-state index contributed by atoms with van der Waals surface area (Å²) in [5, 5.41) is 20.1. The molecule has 3 rings (SSSR count). The Morgan fingerprint density at radius 2 is 1.86 bits per heavy atom. The quantitative estimate of drug-likeness (QED) is 0.109. The van der Waals surface area contributed by atoms with Crippen molar-refractivity contribution in [3.63, 3.8) is 0 Å². The first-order valence-electron chi connectivity index (χ1n) is 13.0. The van der Waals surface area contributed by atoms with Crippen LogP contribution in [-0.4, -0.2) is 69.1 Å². The number of rotatable bonds is 14. The third-order valence-electron chi connectivity index (χ3n) is 5.72. The Balaban J connectivity index is 1.67. The largest absolute Gasteiger partial charge is 0.490 e. The van der Waals surface area contributed by atoms with Crippen molar-refractivity contribution in [2.75, 3.05) is 33.5 Å². The van der Waals surface area contributed by atoms with Crippen LogP contribution in [0.3, 0.4) is 0 Å². The number of urea groups is 1. The molecule has 0 unspecified atom stereocenters.